The van der Waals surface area contributed by atoms with E-state index in [0.717, 1.165) is 0 Å². The number of carbonyl (C=O) groups excluding carboxylic acids is 3. The van der Waals surface area contributed by atoms with Gasteiger partial charge in [-0.1, -0.05) is 0 Å². The molecule has 0 radical (unpaired) electrons. The van der Waals surface area contributed by atoms with Crippen LogP contribution in [0.4, 0.5) is 0 Å². The standard InChI is InChI=1S/C6H4O2.C4H5NO2/c7-5-1-2-6(8)4-3-5;6-4-3-7-2-1-5-4/h1-4H;1-2H,3H2,(H,5,6). The van der Waals surface area contributed by atoms with Gasteiger partial charge in [-0.05, 0) is 24.3 Å². The predicted molar refractivity (Wildman–Crippen MR) is 51.5 cm³/mol. The van der Waals surface area contributed by atoms with E-state index in [1.807, 2.05) is 0 Å². The number of carbonyl (C=O) groups is 3. The van der Waals surface area contributed by atoms with E-state index in [1.165, 1.54) is 36.8 Å². The Morgan fingerprint density at radius 2 is 1.53 bits per heavy atom. The fourth-order valence-corrected chi connectivity index (χ4v) is 0.780. The quantitative estimate of drug-likeness (QED) is 0.561. The Morgan fingerprint density at radius 3 is 1.80 bits per heavy atom. The van der Waals surface area contributed by atoms with Gasteiger partial charge < -0.3 is 10.1 Å². The molecule has 78 valence electrons. The van der Waals surface area contributed by atoms with Gasteiger partial charge >= 0.3 is 0 Å². The van der Waals surface area contributed by atoms with E-state index in [-0.39, 0.29) is 24.1 Å². The summed E-state index contributed by atoms with van der Waals surface area (Å²) in [7, 11) is 0. The van der Waals surface area contributed by atoms with Gasteiger partial charge in [0.2, 0.25) is 0 Å². The van der Waals surface area contributed by atoms with Crippen LogP contribution in [0.2, 0.25) is 0 Å². The molecule has 2 rings (SSSR count). The van der Waals surface area contributed by atoms with Crippen molar-refractivity contribution in [1.29, 1.82) is 0 Å². The summed E-state index contributed by atoms with van der Waals surface area (Å²) in [6.07, 6.45) is 7.92. The van der Waals surface area contributed by atoms with Crippen LogP contribution in [0, 0.1) is 0 Å². The molecule has 1 amide bonds. The average Bonchev–Trinajstić information content (AvgIpc) is 2.25. The van der Waals surface area contributed by atoms with E-state index < -0.39 is 0 Å². The first kappa shape index (κ1) is 10.9. The first-order chi connectivity index (χ1) is 7.18. The Bertz CT molecular complexity index is 328. The largest absolute Gasteiger partial charge is 0.490 e. The van der Waals surface area contributed by atoms with Gasteiger partial charge in [0.15, 0.2) is 18.2 Å². The number of ketones is 2. The van der Waals surface area contributed by atoms with Crippen molar-refractivity contribution in [3.05, 3.63) is 36.8 Å². The lowest BCUT2D eigenvalue weighted by Crippen LogP contribution is -2.24. The normalized spacial score (nSPS) is 17.7. The van der Waals surface area contributed by atoms with Crippen molar-refractivity contribution < 1.29 is 19.1 Å². The fraction of sp³-hybridized carbons (Fsp3) is 0.100. The van der Waals surface area contributed by atoms with E-state index in [9.17, 15) is 14.4 Å². The summed E-state index contributed by atoms with van der Waals surface area (Å²) >= 11 is 0. The molecule has 15 heavy (non-hydrogen) atoms. The molecule has 2 aliphatic rings. The van der Waals surface area contributed by atoms with Crippen LogP contribution in [-0.4, -0.2) is 24.1 Å². The highest BCUT2D eigenvalue weighted by Crippen LogP contribution is 1.90. The average molecular weight is 207 g/mol. The van der Waals surface area contributed by atoms with Gasteiger partial charge in [-0.25, -0.2) is 0 Å². The predicted octanol–water partition coefficient (Wildman–Crippen LogP) is -0.145. The third-order valence-corrected chi connectivity index (χ3v) is 1.45. The lowest BCUT2D eigenvalue weighted by Gasteiger charge is -2.03. The minimum absolute atomic E-state index is 0.0949. The van der Waals surface area contributed by atoms with Gasteiger partial charge in [-0.15, -0.1) is 0 Å². The summed E-state index contributed by atoms with van der Waals surface area (Å²) in [5.74, 6) is -0.336. The molecule has 5 heteroatoms. The summed E-state index contributed by atoms with van der Waals surface area (Å²) in [5.41, 5.74) is 0. The zero-order valence-corrected chi connectivity index (χ0v) is 7.80. The number of ether oxygens (including phenoxy) is 1. The van der Waals surface area contributed by atoms with E-state index in [1.54, 1.807) is 0 Å². The second-order valence-electron chi connectivity index (χ2n) is 2.65. The summed E-state index contributed by atoms with van der Waals surface area (Å²) < 4.78 is 4.59. The molecule has 0 atom stereocenters. The third kappa shape index (κ3) is 4.56. The van der Waals surface area contributed by atoms with E-state index in [2.05, 4.69) is 10.1 Å². The lowest BCUT2D eigenvalue weighted by atomic mass is 10.2. The van der Waals surface area contributed by atoms with Crippen molar-refractivity contribution in [3.63, 3.8) is 0 Å². The second kappa shape index (κ2) is 5.54. The number of amides is 1. The van der Waals surface area contributed by atoms with Crippen molar-refractivity contribution in [1.82, 2.24) is 5.32 Å². The number of nitrogens with one attached hydrogen (secondary N) is 1. The van der Waals surface area contributed by atoms with Crippen LogP contribution >= 0.6 is 0 Å². The minimum atomic E-state index is -0.121. The molecule has 0 fully saturated rings. The first-order valence-corrected chi connectivity index (χ1v) is 4.18. The zero-order chi connectivity index (χ0) is 11.1. The van der Waals surface area contributed by atoms with E-state index >= 15 is 0 Å². The first-order valence-electron chi connectivity index (χ1n) is 4.18. The molecule has 0 aromatic rings. The minimum Gasteiger partial charge on any atom is -0.490 e. The Kier molecular flexibility index (Phi) is 4.03. The summed E-state index contributed by atoms with van der Waals surface area (Å²) in [6, 6.07) is 0. The molecule has 0 saturated carbocycles. The van der Waals surface area contributed by atoms with Crippen LogP contribution in [0.15, 0.2) is 36.8 Å². The van der Waals surface area contributed by atoms with Crippen LogP contribution in [0.25, 0.3) is 0 Å². The van der Waals surface area contributed by atoms with Crippen molar-refractivity contribution in [2.75, 3.05) is 6.61 Å². The molecule has 1 N–H and O–H groups in total. The van der Waals surface area contributed by atoms with Crippen LogP contribution in [0.3, 0.4) is 0 Å². The maximum absolute atomic E-state index is 10.3. The van der Waals surface area contributed by atoms with Gasteiger partial charge in [0.05, 0.1) is 6.26 Å². The highest BCUT2D eigenvalue weighted by atomic mass is 16.5. The van der Waals surface area contributed by atoms with Crippen LogP contribution in [-0.2, 0) is 19.1 Å². The highest BCUT2D eigenvalue weighted by Gasteiger charge is 1.99. The molecule has 0 bridgehead atoms. The van der Waals surface area contributed by atoms with Crippen LogP contribution in [0.5, 0.6) is 0 Å². The summed E-state index contributed by atoms with van der Waals surface area (Å²) in [4.78, 5) is 30.7. The van der Waals surface area contributed by atoms with E-state index in [0.29, 0.717) is 0 Å². The Morgan fingerprint density at radius 1 is 1.00 bits per heavy atom. The topological polar surface area (TPSA) is 72.5 Å². The molecule has 0 aromatic carbocycles. The molecule has 5 nitrogen and oxygen atoms in total. The van der Waals surface area contributed by atoms with E-state index in [4.69, 9.17) is 0 Å². The van der Waals surface area contributed by atoms with Gasteiger partial charge in [0.25, 0.3) is 5.91 Å². The fourth-order valence-electron chi connectivity index (χ4n) is 0.780. The SMILES string of the molecule is O=C1C=CC(=O)C=C1.O=C1COC=CN1. The maximum atomic E-state index is 10.3. The molecule has 0 aromatic heterocycles. The number of rotatable bonds is 0. The molecular formula is C10H9NO4. The smallest absolute Gasteiger partial charge is 0.261 e. The van der Waals surface area contributed by atoms with Gasteiger partial charge in [-0.2, -0.15) is 0 Å². The molecule has 0 spiro atoms. The van der Waals surface area contributed by atoms with Gasteiger partial charge in [0, 0.05) is 6.20 Å². The number of hydrogen-bond donors (Lipinski definition) is 1. The van der Waals surface area contributed by atoms with Crippen molar-refractivity contribution in [2.24, 2.45) is 0 Å². The Labute approximate surface area is 86.1 Å². The molecular weight excluding hydrogens is 198 g/mol. The van der Waals surface area contributed by atoms with Gasteiger partial charge in [-0.3, -0.25) is 14.4 Å². The maximum Gasteiger partial charge on any atom is 0.261 e. The molecule has 0 saturated heterocycles. The van der Waals surface area contributed by atoms with Crippen molar-refractivity contribution in [2.45, 2.75) is 0 Å². The lowest BCUT2D eigenvalue weighted by molar-refractivity contribution is -0.124. The molecule has 0 unspecified atom stereocenters. The summed E-state index contributed by atoms with van der Waals surface area (Å²) in [5, 5.41) is 2.44. The number of allylic oxidation sites excluding steroid dienone is 4. The van der Waals surface area contributed by atoms with Gasteiger partial charge in [0.1, 0.15) is 0 Å². The van der Waals surface area contributed by atoms with Crippen molar-refractivity contribution >= 4 is 17.5 Å². The monoisotopic (exact) mass is 207 g/mol. The van der Waals surface area contributed by atoms with Crippen LogP contribution < -0.4 is 5.32 Å². The summed E-state index contributed by atoms with van der Waals surface area (Å²) in [6.45, 7) is 0.149. The Balaban J connectivity index is 0.000000151. The zero-order valence-electron chi connectivity index (χ0n) is 7.80. The van der Waals surface area contributed by atoms with Crippen molar-refractivity contribution in [3.8, 4) is 0 Å². The number of hydrogen-bond acceptors (Lipinski definition) is 4. The highest BCUT2D eigenvalue weighted by molar-refractivity contribution is 6.14. The van der Waals surface area contributed by atoms with Crippen LogP contribution in [0.1, 0.15) is 0 Å². The molecule has 1 heterocycles. The second-order valence-corrected chi connectivity index (χ2v) is 2.65. The third-order valence-electron chi connectivity index (χ3n) is 1.45. The Hall–Kier alpha value is -2.17. The molecule has 1 aliphatic carbocycles. The molecule has 1 aliphatic heterocycles.